The number of thiazole rings is 1. The predicted octanol–water partition coefficient (Wildman–Crippen LogP) is 2.80. The van der Waals surface area contributed by atoms with Gasteiger partial charge in [0.2, 0.25) is 0 Å². The quantitative estimate of drug-likeness (QED) is 0.799. The van der Waals surface area contributed by atoms with Crippen LogP contribution in [0.3, 0.4) is 0 Å². The van der Waals surface area contributed by atoms with Gasteiger partial charge in [0.25, 0.3) is 0 Å². The van der Waals surface area contributed by atoms with Crippen molar-refractivity contribution < 1.29 is 0 Å². The number of nitriles is 1. The van der Waals surface area contributed by atoms with Crippen LogP contribution in [0.25, 0.3) is 10.4 Å². The zero-order valence-corrected chi connectivity index (χ0v) is 12.5. The number of fused-ring (bicyclic) bond motifs is 1. The molecule has 0 amide bonds. The van der Waals surface area contributed by atoms with Crippen LogP contribution in [0.1, 0.15) is 6.42 Å². The third-order valence-corrected chi connectivity index (χ3v) is 5.57. The molecule has 0 bridgehead atoms. The van der Waals surface area contributed by atoms with E-state index in [1.165, 1.54) is 16.9 Å². The summed E-state index contributed by atoms with van der Waals surface area (Å²) in [6.45, 7) is 2.83. The van der Waals surface area contributed by atoms with Gasteiger partial charge in [-0.05, 0) is 12.0 Å². The van der Waals surface area contributed by atoms with Gasteiger partial charge in [0.15, 0.2) is 11.3 Å². The summed E-state index contributed by atoms with van der Waals surface area (Å²) in [5, 5.41) is 10.2. The topological polar surface area (TPSA) is 43.2 Å². The van der Waals surface area contributed by atoms with Crippen LogP contribution in [-0.4, -0.2) is 35.6 Å². The number of anilines is 1. The van der Waals surface area contributed by atoms with Crippen molar-refractivity contribution in [2.75, 3.05) is 24.5 Å². The van der Waals surface area contributed by atoms with E-state index in [0.29, 0.717) is 12.0 Å². The fourth-order valence-corrected chi connectivity index (χ4v) is 4.42. The zero-order chi connectivity index (χ0) is 14.2. The molecule has 0 saturated carbocycles. The zero-order valence-electron chi connectivity index (χ0n) is 11.6. The second-order valence-corrected chi connectivity index (χ2v) is 6.70. The highest BCUT2D eigenvalue weighted by Gasteiger charge is 2.42. The lowest BCUT2D eigenvalue weighted by molar-refractivity contribution is 0.446. The summed E-state index contributed by atoms with van der Waals surface area (Å²) >= 11 is 1.75. The Balaban J connectivity index is 1.58. The molecule has 0 aliphatic carbocycles. The highest BCUT2D eigenvalue weighted by atomic mass is 32.1. The van der Waals surface area contributed by atoms with Crippen molar-refractivity contribution in [3.63, 3.8) is 0 Å². The van der Waals surface area contributed by atoms with Crippen LogP contribution in [0.2, 0.25) is 0 Å². The van der Waals surface area contributed by atoms with Gasteiger partial charge in [-0.2, -0.15) is 5.26 Å². The molecule has 1 aromatic heterocycles. The second kappa shape index (κ2) is 5.05. The summed E-state index contributed by atoms with van der Waals surface area (Å²) in [6.07, 6.45) is 5.43. The minimum absolute atomic E-state index is 0.458. The molecule has 4 rings (SSSR count). The van der Waals surface area contributed by atoms with E-state index in [4.69, 9.17) is 5.26 Å². The lowest BCUT2D eigenvalue weighted by Crippen LogP contribution is -2.34. The van der Waals surface area contributed by atoms with E-state index < -0.39 is 0 Å². The van der Waals surface area contributed by atoms with Crippen LogP contribution in [0.5, 0.6) is 0 Å². The van der Waals surface area contributed by atoms with Crippen LogP contribution < -0.4 is 4.90 Å². The predicted molar refractivity (Wildman–Crippen MR) is 84.0 cm³/mol. The van der Waals surface area contributed by atoms with Gasteiger partial charge >= 0.3 is 0 Å². The Morgan fingerprint density at radius 1 is 1.24 bits per heavy atom. The van der Waals surface area contributed by atoms with Gasteiger partial charge in [0.05, 0.1) is 10.9 Å². The van der Waals surface area contributed by atoms with Crippen molar-refractivity contribution >= 4 is 16.5 Å². The first-order valence-corrected chi connectivity index (χ1v) is 8.09. The summed E-state index contributed by atoms with van der Waals surface area (Å²) in [5.41, 5.74) is 1.22. The van der Waals surface area contributed by atoms with Crippen LogP contribution >= 0.6 is 11.3 Å². The monoisotopic (exact) mass is 296 g/mol. The molecule has 2 aliphatic heterocycles. The molecule has 2 aliphatic rings. The third-order valence-electron chi connectivity index (χ3n) is 4.49. The minimum Gasteiger partial charge on any atom is -0.343 e. The molecular weight excluding hydrogens is 280 g/mol. The Morgan fingerprint density at radius 3 is 2.90 bits per heavy atom. The molecule has 2 saturated heterocycles. The van der Waals surface area contributed by atoms with E-state index in [-0.39, 0.29) is 0 Å². The van der Waals surface area contributed by atoms with Crippen molar-refractivity contribution in [1.82, 2.24) is 9.88 Å². The number of benzene rings is 1. The van der Waals surface area contributed by atoms with Crippen molar-refractivity contribution in [3.8, 4) is 16.6 Å². The molecule has 5 heteroatoms. The fourth-order valence-electron chi connectivity index (χ4n) is 3.41. The minimum atomic E-state index is 0.458. The SMILES string of the molecule is N#CN1C[C@@H]2CCN(c3ncc(-c4ccccc4)s3)[C@@H]2C1. The first-order chi connectivity index (χ1) is 10.3. The van der Waals surface area contributed by atoms with E-state index >= 15 is 0 Å². The summed E-state index contributed by atoms with van der Waals surface area (Å²) in [5.74, 6) is 0.619. The molecule has 21 heavy (non-hydrogen) atoms. The maximum absolute atomic E-state index is 9.08. The van der Waals surface area contributed by atoms with Crippen molar-refractivity contribution in [2.45, 2.75) is 12.5 Å². The van der Waals surface area contributed by atoms with Gasteiger partial charge in [0.1, 0.15) is 0 Å². The standard InChI is InChI=1S/C16H16N4S/c17-11-19-9-13-6-7-20(14(13)10-19)16-18-8-15(21-16)12-4-2-1-3-5-12/h1-5,8,13-14H,6-7,9-10H2/t13-,14+/m0/s1. The highest BCUT2D eigenvalue weighted by molar-refractivity contribution is 7.18. The van der Waals surface area contributed by atoms with Crippen molar-refractivity contribution in [2.24, 2.45) is 5.92 Å². The largest absolute Gasteiger partial charge is 0.343 e. The number of hydrogen-bond donors (Lipinski definition) is 0. The molecule has 0 spiro atoms. The Morgan fingerprint density at radius 2 is 2.10 bits per heavy atom. The van der Waals surface area contributed by atoms with Crippen molar-refractivity contribution in [1.29, 1.82) is 5.26 Å². The normalized spacial score (nSPS) is 24.1. The molecular formula is C16H16N4S. The maximum atomic E-state index is 9.08. The molecule has 2 atom stereocenters. The molecule has 2 fully saturated rings. The Hall–Kier alpha value is -2.06. The first kappa shape index (κ1) is 12.7. The van der Waals surface area contributed by atoms with E-state index in [2.05, 4.69) is 40.3 Å². The number of aromatic nitrogens is 1. The molecule has 0 N–H and O–H groups in total. The Kier molecular flexibility index (Phi) is 3.04. The smallest absolute Gasteiger partial charge is 0.186 e. The Labute approximate surface area is 128 Å². The summed E-state index contributed by atoms with van der Waals surface area (Å²) < 4.78 is 0. The van der Waals surface area contributed by atoms with Gasteiger partial charge in [-0.1, -0.05) is 41.7 Å². The third kappa shape index (κ3) is 2.16. The maximum Gasteiger partial charge on any atom is 0.186 e. The van der Waals surface area contributed by atoms with E-state index in [1.807, 2.05) is 17.2 Å². The van der Waals surface area contributed by atoms with Gasteiger partial charge in [-0.25, -0.2) is 4.98 Å². The fraction of sp³-hybridized carbons (Fsp3) is 0.375. The van der Waals surface area contributed by atoms with E-state index in [9.17, 15) is 0 Å². The summed E-state index contributed by atoms with van der Waals surface area (Å²) in [6, 6.07) is 10.9. The number of hydrogen-bond acceptors (Lipinski definition) is 5. The van der Waals surface area contributed by atoms with Crippen LogP contribution in [-0.2, 0) is 0 Å². The number of rotatable bonds is 2. The number of likely N-dealkylation sites (tertiary alicyclic amines) is 1. The molecule has 3 heterocycles. The lowest BCUT2D eigenvalue weighted by atomic mass is 10.1. The van der Waals surface area contributed by atoms with Crippen LogP contribution in [0, 0.1) is 17.4 Å². The molecule has 0 unspecified atom stereocenters. The summed E-state index contributed by atoms with van der Waals surface area (Å²) in [4.78, 5) is 10.1. The lowest BCUT2D eigenvalue weighted by Gasteiger charge is -2.22. The van der Waals surface area contributed by atoms with Gasteiger partial charge in [-0.3, -0.25) is 0 Å². The molecule has 1 aromatic carbocycles. The molecule has 106 valence electrons. The molecule has 2 aromatic rings. The summed E-state index contributed by atoms with van der Waals surface area (Å²) in [7, 11) is 0. The van der Waals surface area contributed by atoms with Crippen LogP contribution in [0.15, 0.2) is 36.5 Å². The first-order valence-electron chi connectivity index (χ1n) is 7.28. The van der Waals surface area contributed by atoms with Gasteiger partial charge in [0, 0.05) is 31.7 Å². The molecule has 0 radical (unpaired) electrons. The van der Waals surface area contributed by atoms with E-state index in [1.54, 1.807) is 11.3 Å². The second-order valence-electron chi connectivity index (χ2n) is 5.69. The van der Waals surface area contributed by atoms with E-state index in [0.717, 1.165) is 24.8 Å². The van der Waals surface area contributed by atoms with Gasteiger partial charge in [-0.15, -0.1) is 0 Å². The van der Waals surface area contributed by atoms with Gasteiger partial charge < -0.3 is 9.80 Å². The average Bonchev–Trinajstić information content (AvgIpc) is 3.22. The number of nitrogens with zero attached hydrogens (tertiary/aromatic N) is 4. The Bertz CT molecular complexity index is 675. The van der Waals surface area contributed by atoms with Crippen molar-refractivity contribution in [3.05, 3.63) is 36.5 Å². The molecule has 4 nitrogen and oxygen atoms in total. The van der Waals surface area contributed by atoms with Crippen LogP contribution in [0.4, 0.5) is 5.13 Å². The average molecular weight is 296 g/mol. The highest BCUT2D eigenvalue weighted by Crippen LogP contribution is 2.38.